The molecule has 1 aromatic rings. The van der Waals surface area contributed by atoms with E-state index >= 15 is 0 Å². The molecule has 1 rings (SSSR count). The van der Waals surface area contributed by atoms with Crippen LogP contribution in [0.3, 0.4) is 0 Å². The number of hydrogen-bond donors (Lipinski definition) is 0. The SMILES string of the molecule is Cc1cccc(O[C@H](C)F)c1. The van der Waals surface area contributed by atoms with Gasteiger partial charge in [0.05, 0.1) is 0 Å². The minimum Gasteiger partial charge on any atom is -0.461 e. The minimum absolute atomic E-state index is 0.583. The molecule has 0 bridgehead atoms. The molecular formula is C9H11FO. The molecule has 11 heavy (non-hydrogen) atoms. The molecule has 0 amide bonds. The largest absolute Gasteiger partial charge is 0.461 e. The van der Waals surface area contributed by atoms with Crippen LogP contribution >= 0.6 is 0 Å². The maximum atomic E-state index is 12.3. The van der Waals surface area contributed by atoms with E-state index in [1.807, 2.05) is 19.1 Å². The summed E-state index contributed by atoms with van der Waals surface area (Å²) in [4.78, 5) is 0. The Labute approximate surface area is 65.8 Å². The molecule has 0 aromatic heterocycles. The van der Waals surface area contributed by atoms with E-state index in [4.69, 9.17) is 4.74 Å². The number of benzene rings is 1. The first-order valence-corrected chi connectivity index (χ1v) is 3.56. The summed E-state index contributed by atoms with van der Waals surface area (Å²) >= 11 is 0. The third-order valence-corrected chi connectivity index (χ3v) is 1.29. The Morgan fingerprint density at radius 1 is 1.45 bits per heavy atom. The number of ether oxygens (including phenoxy) is 1. The Bertz CT molecular complexity index is 233. The fraction of sp³-hybridized carbons (Fsp3) is 0.333. The first-order chi connectivity index (χ1) is 5.18. The molecule has 0 heterocycles. The van der Waals surface area contributed by atoms with Crippen LogP contribution in [0.1, 0.15) is 12.5 Å². The van der Waals surface area contributed by atoms with E-state index < -0.39 is 6.36 Å². The van der Waals surface area contributed by atoms with E-state index in [0.717, 1.165) is 5.56 Å². The van der Waals surface area contributed by atoms with Crippen molar-refractivity contribution in [1.29, 1.82) is 0 Å². The van der Waals surface area contributed by atoms with Crippen LogP contribution in [0.2, 0.25) is 0 Å². The smallest absolute Gasteiger partial charge is 0.235 e. The predicted octanol–water partition coefficient (Wildman–Crippen LogP) is 2.69. The van der Waals surface area contributed by atoms with Gasteiger partial charge in [-0.1, -0.05) is 12.1 Å². The van der Waals surface area contributed by atoms with Crippen LogP contribution in [-0.4, -0.2) is 6.36 Å². The van der Waals surface area contributed by atoms with Gasteiger partial charge in [0.25, 0.3) is 0 Å². The molecule has 0 radical (unpaired) electrons. The van der Waals surface area contributed by atoms with Crippen molar-refractivity contribution in [1.82, 2.24) is 0 Å². The Balaban J connectivity index is 2.71. The zero-order valence-electron chi connectivity index (χ0n) is 6.67. The summed E-state index contributed by atoms with van der Waals surface area (Å²) in [5, 5.41) is 0. The molecule has 0 aliphatic rings. The molecule has 0 aliphatic carbocycles. The van der Waals surface area contributed by atoms with Crippen LogP contribution < -0.4 is 4.74 Å². The van der Waals surface area contributed by atoms with Crippen LogP contribution in [0.15, 0.2) is 24.3 Å². The average Bonchev–Trinajstić information content (AvgIpc) is 1.85. The van der Waals surface area contributed by atoms with Gasteiger partial charge < -0.3 is 4.74 Å². The Morgan fingerprint density at radius 3 is 2.73 bits per heavy atom. The molecule has 1 nitrogen and oxygen atoms in total. The van der Waals surface area contributed by atoms with Crippen molar-refractivity contribution in [3.8, 4) is 5.75 Å². The lowest BCUT2D eigenvalue weighted by atomic mass is 10.2. The fourth-order valence-corrected chi connectivity index (χ4v) is 0.876. The second-order valence-electron chi connectivity index (χ2n) is 2.48. The lowest BCUT2D eigenvalue weighted by Gasteiger charge is -2.06. The highest BCUT2D eigenvalue weighted by Gasteiger charge is 1.98. The van der Waals surface area contributed by atoms with Crippen LogP contribution in [-0.2, 0) is 0 Å². The highest BCUT2D eigenvalue weighted by molar-refractivity contribution is 5.27. The minimum atomic E-state index is -1.24. The van der Waals surface area contributed by atoms with Crippen LogP contribution in [0, 0.1) is 6.92 Å². The normalized spacial score (nSPS) is 12.6. The predicted molar refractivity (Wildman–Crippen MR) is 42.4 cm³/mol. The number of alkyl halides is 1. The van der Waals surface area contributed by atoms with Crippen molar-refractivity contribution < 1.29 is 9.13 Å². The van der Waals surface area contributed by atoms with Crippen molar-refractivity contribution >= 4 is 0 Å². The molecule has 1 aromatic carbocycles. The van der Waals surface area contributed by atoms with Crippen molar-refractivity contribution in [3.05, 3.63) is 29.8 Å². The summed E-state index contributed by atoms with van der Waals surface area (Å²) in [5.41, 5.74) is 1.07. The number of hydrogen-bond acceptors (Lipinski definition) is 1. The van der Waals surface area contributed by atoms with Crippen LogP contribution in [0.25, 0.3) is 0 Å². The third kappa shape index (κ3) is 2.58. The summed E-state index contributed by atoms with van der Waals surface area (Å²) in [6.07, 6.45) is -1.24. The van der Waals surface area contributed by atoms with Gasteiger partial charge in [0, 0.05) is 6.92 Å². The summed E-state index contributed by atoms with van der Waals surface area (Å²) in [6.45, 7) is 3.30. The fourth-order valence-electron chi connectivity index (χ4n) is 0.876. The molecule has 0 spiro atoms. The molecule has 1 atom stereocenters. The molecule has 0 fully saturated rings. The first-order valence-electron chi connectivity index (χ1n) is 3.56. The van der Waals surface area contributed by atoms with Gasteiger partial charge in [-0.3, -0.25) is 0 Å². The molecule has 2 heteroatoms. The van der Waals surface area contributed by atoms with Crippen molar-refractivity contribution in [2.75, 3.05) is 0 Å². The topological polar surface area (TPSA) is 9.23 Å². The van der Waals surface area contributed by atoms with Gasteiger partial charge in [-0.05, 0) is 24.6 Å². The number of halogens is 1. The van der Waals surface area contributed by atoms with E-state index in [9.17, 15) is 4.39 Å². The zero-order valence-corrected chi connectivity index (χ0v) is 6.67. The van der Waals surface area contributed by atoms with Crippen molar-refractivity contribution in [2.24, 2.45) is 0 Å². The molecule has 0 saturated carbocycles. The van der Waals surface area contributed by atoms with E-state index in [2.05, 4.69) is 0 Å². The van der Waals surface area contributed by atoms with Crippen LogP contribution in [0.4, 0.5) is 4.39 Å². The summed E-state index contributed by atoms with van der Waals surface area (Å²) in [5.74, 6) is 0.583. The lowest BCUT2D eigenvalue weighted by Crippen LogP contribution is -2.03. The molecular weight excluding hydrogens is 143 g/mol. The van der Waals surface area contributed by atoms with Crippen molar-refractivity contribution in [3.63, 3.8) is 0 Å². The molecule has 0 aliphatic heterocycles. The van der Waals surface area contributed by atoms with Gasteiger partial charge in [-0.15, -0.1) is 0 Å². The lowest BCUT2D eigenvalue weighted by molar-refractivity contribution is 0.0860. The second kappa shape index (κ2) is 3.37. The summed E-state index contributed by atoms with van der Waals surface area (Å²) in [6, 6.07) is 7.32. The highest BCUT2D eigenvalue weighted by Crippen LogP contribution is 2.13. The van der Waals surface area contributed by atoms with E-state index in [-0.39, 0.29) is 0 Å². The third-order valence-electron chi connectivity index (χ3n) is 1.29. The standard InChI is InChI=1S/C9H11FO/c1-7-4-3-5-9(6-7)11-8(2)10/h3-6,8H,1-2H3/t8-/m1/s1. The Hall–Kier alpha value is -1.05. The number of rotatable bonds is 2. The summed E-state index contributed by atoms with van der Waals surface area (Å²) < 4.78 is 17.1. The van der Waals surface area contributed by atoms with Crippen LogP contribution in [0.5, 0.6) is 5.75 Å². The summed E-state index contributed by atoms with van der Waals surface area (Å²) in [7, 11) is 0. The van der Waals surface area contributed by atoms with Gasteiger partial charge in [0.15, 0.2) is 0 Å². The van der Waals surface area contributed by atoms with Gasteiger partial charge >= 0.3 is 0 Å². The van der Waals surface area contributed by atoms with E-state index in [1.54, 1.807) is 12.1 Å². The molecule has 0 N–H and O–H groups in total. The molecule has 60 valence electrons. The zero-order chi connectivity index (χ0) is 8.27. The van der Waals surface area contributed by atoms with Gasteiger partial charge in [0.1, 0.15) is 5.75 Å². The molecule has 0 saturated heterocycles. The van der Waals surface area contributed by atoms with Gasteiger partial charge in [0.2, 0.25) is 6.36 Å². The quantitative estimate of drug-likeness (QED) is 0.636. The maximum absolute atomic E-state index is 12.3. The average molecular weight is 154 g/mol. The number of aryl methyl sites for hydroxylation is 1. The second-order valence-corrected chi connectivity index (χ2v) is 2.48. The maximum Gasteiger partial charge on any atom is 0.235 e. The monoisotopic (exact) mass is 154 g/mol. The van der Waals surface area contributed by atoms with E-state index in [1.165, 1.54) is 6.92 Å². The van der Waals surface area contributed by atoms with Gasteiger partial charge in [-0.2, -0.15) is 0 Å². The Kier molecular flexibility index (Phi) is 2.47. The first kappa shape index (κ1) is 8.05. The van der Waals surface area contributed by atoms with Gasteiger partial charge in [-0.25, -0.2) is 4.39 Å². The van der Waals surface area contributed by atoms with E-state index in [0.29, 0.717) is 5.75 Å². The Morgan fingerprint density at radius 2 is 2.18 bits per heavy atom. The molecule has 0 unspecified atom stereocenters. The highest BCUT2D eigenvalue weighted by atomic mass is 19.1. The van der Waals surface area contributed by atoms with Crippen molar-refractivity contribution in [2.45, 2.75) is 20.2 Å².